The molecule has 28 heavy (non-hydrogen) atoms. The number of hydrogen-bond donors (Lipinski definition) is 1. The zero-order chi connectivity index (χ0) is 19.9. The fraction of sp³-hybridized carbons (Fsp3) is 0.333. The van der Waals surface area contributed by atoms with Gasteiger partial charge in [0, 0.05) is 24.7 Å². The third-order valence-corrected chi connectivity index (χ3v) is 4.63. The van der Waals surface area contributed by atoms with Gasteiger partial charge < -0.3 is 24.1 Å². The zero-order valence-electron chi connectivity index (χ0n) is 15.8. The van der Waals surface area contributed by atoms with Gasteiger partial charge in [-0.1, -0.05) is 12.7 Å². The van der Waals surface area contributed by atoms with E-state index in [0.717, 1.165) is 0 Å². The molecule has 1 aliphatic rings. The quantitative estimate of drug-likeness (QED) is 0.743. The molecule has 1 aliphatic heterocycles. The van der Waals surface area contributed by atoms with Crippen molar-refractivity contribution in [1.29, 1.82) is 0 Å². The molecule has 0 atom stereocenters. The fourth-order valence-corrected chi connectivity index (χ4v) is 3.13. The van der Waals surface area contributed by atoms with Gasteiger partial charge in [-0.2, -0.15) is 0 Å². The minimum Gasteiger partial charge on any atom is -0.493 e. The number of nitrogens with one attached hydrogen (secondary N) is 1. The van der Waals surface area contributed by atoms with Crippen LogP contribution in [0, 0.1) is 0 Å². The van der Waals surface area contributed by atoms with Gasteiger partial charge in [0.2, 0.25) is 0 Å². The Hall–Kier alpha value is -3.22. The van der Waals surface area contributed by atoms with Gasteiger partial charge in [-0.15, -0.1) is 0 Å². The molecule has 1 N–H and O–H groups in total. The Labute approximate surface area is 163 Å². The molecule has 7 nitrogen and oxygen atoms in total. The molecule has 148 valence electrons. The normalized spacial score (nSPS) is 14.4. The van der Waals surface area contributed by atoms with Crippen LogP contribution in [0.3, 0.4) is 0 Å². The lowest BCUT2D eigenvalue weighted by Crippen LogP contribution is -2.46. The van der Waals surface area contributed by atoms with E-state index in [4.69, 9.17) is 13.9 Å². The second-order valence-electron chi connectivity index (χ2n) is 6.48. The summed E-state index contributed by atoms with van der Waals surface area (Å²) >= 11 is 0. The van der Waals surface area contributed by atoms with Crippen molar-refractivity contribution in [1.82, 2.24) is 10.2 Å². The van der Waals surface area contributed by atoms with E-state index in [9.17, 15) is 9.59 Å². The van der Waals surface area contributed by atoms with Crippen LogP contribution in [-0.2, 0) is 0 Å². The van der Waals surface area contributed by atoms with Crippen LogP contribution >= 0.6 is 0 Å². The summed E-state index contributed by atoms with van der Waals surface area (Å²) in [5.74, 6) is 1.10. The number of hydrogen-bond acceptors (Lipinski definition) is 5. The third kappa shape index (κ3) is 4.54. The zero-order valence-corrected chi connectivity index (χ0v) is 15.8. The summed E-state index contributed by atoms with van der Waals surface area (Å²) in [6.45, 7) is 5.11. The number of piperidine rings is 1. The van der Waals surface area contributed by atoms with Gasteiger partial charge in [0.15, 0.2) is 17.3 Å². The van der Waals surface area contributed by atoms with Crippen molar-refractivity contribution in [2.45, 2.75) is 18.9 Å². The summed E-state index contributed by atoms with van der Waals surface area (Å²) in [5.41, 5.74) is 0.497. The first-order valence-electron chi connectivity index (χ1n) is 9.17. The van der Waals surface area contributed by atoms with Gasteiger partial charge in [0.25, 0.3) is 11.8 Å². The highest BCUT2D eigenvalue weighted by Gasteiger charge is 2.26. The van der Waals surface area contributed by atoms with Crippen molar-refractivity contribution >= 4 is 11.8 Å². The van der Waals surface area contributed by atoms with Gasteiger partial charge in [0.05, 0.1) is 13.4 Å². The molecule has 0 aliphatic carbocycles. The van der Waals surface area contributed by atoms with Gasteiger partial charge in [-0.25, -0.2) is 0 Å². The van der Waals surface area contributed by atoms with E-state index in [1.807, 2.05) is 0 Å². The van der Waals surface area contributed by atoms with Crippen molar-refractivity contribution in [2.75, 3.05) is 26.8 Å². The van der Waals surface area contributed by atoms with Crippen LogP contribution in [0.15, 0.2) is 53.7 Å². The number of likely N-dealkylation sites (tertiary alicyclic amines) is 1. The molecular formula is C21H24N2O5. The van der Waals surface area contributed by atoms with Crippen LogP contribution in [0.5, 0.6) is 11.5 Å². The average Bonchev–Trinajstić information content (AvgIpc) is 3.27. The van der Waals surface area contributed by atoms with Gasteiger partial charge >= 0.3 is 0 Å². The van der Waals surface area contributed by atoms with Crippen LogP contribution in [0.4, 0.5) is 0 Å². The van der Waals surface area contributed by atoms with Gasteiger partial charge in [-0.3, -0.25) is 9.59 Å². The Balaban J connectivity index is 1.55. The number of carbonyl (C=O) groups excluding carboxylic acids is 2. The minimum atomic E-state index is -0.176. The van der Waals surface area contributed by atoms with Crippen LogP contribution < -0.4 is 14.8 Å². The van der Waals surface area contributed by atoms with Crippen molar-refractivity contribution in [2.24, 2.45) is 0 Å². The highest BCUT2D eigenvalue weighted by Crippen LogP contribution is 2.28. The number of rotatable bonds is 7. The van der Waals surface area contributed by atoms with Crippen molar-refractivity contribution in [3.63, 3.8) is 0 Å². The van der Waals surface area contributed by atoms with Crippen molar-refractivity contribution in [3.05, 3.63) is 60.6 Å². The number of nitrogens with zero attached hydrogens (tertiary/aromatic N) is 1. The summed E-state index contributed by atoms with van der Waals surface area (Å²) in [7, 11) is 1.53. The highest BCUT2D eigenvalue weighted by molar-refractivity contribution is 5.95. The topological polar surface area (TPSA) is 81.0 Å². The molecule has 0 saturated carbocycles. The number of benzene rings is 1. The van der Waals surface area contributed by atoms with Crippen molar-refractivity contribution in [3.8, 4) is 11.5 Å². The van der Waals surface area contributed by atoms with E-state index in [-0.39, 0.29) is 17.9 Å². The number of carbonyl (C=O) groups is 2. The molecule has 0 unspecified atom stereocenters. The van der Waals surface area contributed by atoms with E-state index < -0.39 is 0 Å². The molecule has 2 aromatic rings. The van der Waals surface area contributed by atoms with Crippen LogP contribution in [-0.4, -0.2) is 49.6 Å². The SMILES string of the molecule is C=CCOc1ccc(C(=O)NC2CCN(C(=O)c3ccco3)CC2)cc1OC. The maximum absolute atomic E-state index is 12.6. The monoisotopic (exact) mass is 384 g/mol. The largest absolute Gasteiger partial charge is 0.493 e. The smallest absolute Gasteiger partial charge is 0.289 e. The fourth-order valence-electron chi connectivity index (χ4n) is 3.13. The second-order valence-corrected chi connectivity index (χ2v) is 6.48. The molecule has 7 heteroatoms. The highest BCUT2D eigenvalue weighted by atomic mass is 16.5. The molecule has 2 amide bonds. The maximum atomic E-state index is 12.6. The van der Waals surface area contributed by atoms with Gasteiger partial charge in [-0.05, 0) is 43.2 Å². The first kappa shape index (κ1) is 19.5. The lowest BCUT2D eigenvalue weighted by atomic mass is 10.0. The van der Waals surface area contributed by atoms with E-state index in [1.54, 1.807) is 41.3 Å². The Kier molecular flexibility index (Phi) is 6.37. The Bertz CT molecular complexity index is 823. The van der Waals surface area contributed by atoms with E-state index >= 15 is 0 Å². The molecule has 2 heterocycles. The predicted molar refractivity (Wildman–Crippen MR) is 104 cm³/mol. The summed E-state index contributed by atoms with van der Waals surface area (Å²) in [6, 6.07) is 8.43. The van der Waals surface area contributed by atoms with Crippen LogP contribution in [0.1, 0.15) is 33.8 Å². The summed E-state index contributed by atoms with van der Waals surface area (Å²) < 4.78 is 16.0. The Morgan fingerprint density at radius 1 is 1.29 bits per heavy atom. The molecule has 1 fully saturated rings. The van der Waals surface area contributed by atoms with Crippen LogP contribution in [0.25, 0.3) is 0 Å². The molecular weight excluding hydrogens is 360 g/mol. The molecule has 3 rings (SSSR count). The number of ether oxygens (including phenoxy) is 2. The molecule has 1 aromatic carbocycles. The first-order valence-corrected chi connectivity index (χ1v) is 9.17. The predicted octanol–water partition coefficient (Wildman–Crippen LogP) is 2.89. The number of methoxy groups -OCH3 is 1. The summed E-state index contributed by atoms with van der Waals surface area (Å²) in [6.07, 6.45) is 4.51. The molecule has 1 aromatic heterocycles. The first-order chi connectivity index (χ1) is 13.6. The number of furan rings is 1. The lowest BCUT2D eigenvalue weighted by molar-refractivity contribution is 0.0667. The third-order valence-electron chi connectivity index (χ3n) is 4.63. The Morgan fingerprint density at radius 3 is 2.71 bits per heavy atom. The number of amides is 2. The molecule has 0 spiro atoms. The minimum absolute atomic E-state index is 0.0100. The summed E-state index contributed by atoms with van der Waals surface area (Å²) in [5, 5.41) is 3.03. The average molecular weight is 384 g/mol. The lowest BCUT2D eigenvalue weighted by Gasteiger charge is -2.31. The van der Waals surface area contributed by atoms with E-state index in [0.29, 0.717) is 55.4 Å². The second kappa shape index (κ2) is 9.12. The van der Waals surface area contributed by atoms with E-state index in [2.05, 4.69) is 11.9 Å². The maximum Gasteiger partial charge on any atom is 0.289 e. The van der Waals surface area contributed by atoms with Crippen molar-refractivity contribution < 1.29 is 23.5 Å². The molecule has 0 bridgehead atoms. The van der Waals surface area contributed by atoms with Crippen LogP contribution in [0.2, 0.25) is 0 Å². The van der Waals surface area contributed by atoms with E-state index in [1.165, 1.54) is 13.4 Å². The molecule has 1 saturated heterocycles. The standard InChI is InChI=1S/C21H24N2O5/c1-3-12-27-17-7-6-15(14-19(17)26-2)20(24)22-16-8-10-23(11-9-16)21(25)18-5-4-13-28-18/h3-7,13-14,16H,1,8-12H2,2H3,(H,22,24). The van der Waals surface area contributed by atoms with Gasteiger partial charge in [0.1, 0.15) is 6.61 Å². The summed E-state index contributed by atoms with van der Waals surface area (Å²) in [4.78, 5) is 26.6. The molecule has 0 radical (unpaired) electrons. The Morgan fingerprint density at radius 2 is 2.07 bits per heavy atom.